The summed E-state index contributed by atoms with van der Waals surface area (Å²) in [7, 11) is 0. The molecule has 3 rings (SSSR count). The van der Waals surface area contributed by atoms with E-state index in [4.69, 9.17) is 17.3 Å². The van der Waals surface area contributed by atoms with Crippen LogP contribution in [0.15, 0.2) is 18.2 Å². The lowest BCUT2D eigenvalue weighted by atomic mass is 9.96. The summed E-state index contributed by atoms with van der Waals surface area (Å²) in [5, 5.41) is 3.88. The van der Waals surface area contributed by atoms with Crippen LogP contribution in [0.25, 0.3) is 0 Å². The smallest absolute Gasteiger partial charge is 0.326 e. The quantitative estimate of drug-likeness (QED) is 0.787. The van der Waals surface area contributed by atoms with Crippen molar-refractivity contribution in [1.29, 1.82) is 0 Å². The minimum absolute atomic E-state index is 0.142. The van der Waals surface area contributed by atoms with Crippen molar-refractivity contribution in [3.8, 4) is 0 Å². The van der Waals surface area contributed by atoms with Crippen molar-refractivity contribution >= 4 is 23.5 Å². The van der Waals surface area contributed by atoms with Crippen LogP contribution >= 0.6 is 11.6 Å². The highest BCUT2D eigenvalue weighted by Crippen LogP contribution is 2.26. The Balaban J connectivity index is 1.91. The van der Waals surface area contributed by atoms with E-state index in [1.807, 2.05) is 24.0 Å². The molecule has 3 atom stereocenters. The van der Waals surface area contributed by atoms with E-state index in [2.05, 4.69) is 12.2 Å². The van der Waals surface area contributed by atoms with Gasteiger partial charge in [0.15, 0.2) is 0 Å². The van der Waals surface area contributed by atoms with Gasteiger partial charge in [-0.05, 0) is 61.9 Å². The maximum Gasteiger partial charge on any atom is 0.327 e. The molecule has 3 amide bonds. The van der Waals surface area contributed by atoms with Gasteiger partial charge in [-0.15, -0.1) is 0 Å². The minimum Gasteiger partial charge on any atom is -0.326 e. The molecule has 2 aliphatic heterocycles. The summed E-state index contributed by atoms with van der Waals surface area (Å²) in [5.41, 5.74) is 7.61. The molecule has 2 aliphatic rings. The summed E-state index contributed by atoms with van der Waals surface area (Å²) >= 11 is 6.19. The third kappa shape index (κ3) is 4.34. The second-order valence-corrected chi connectivity index (χ2v) is 8.33. The van der Waals surface area contributed by atoms with Gasteiger partial charge in [0, 0.05) is 24.2 Å². The molecule has 2 fully saturated rings. The van der Waals surface area contributed by atoms with Crippen molar-refractivity contribution in [1.82, 2.24) is 15.1 Å². The Morgan fingerprint density at radius 2 is 2.11 bits per heavy atom. The van der Waals surface area contributed by atoms with Gasteiger partial charge in [0.1, 0.15) is 0 Å². The lowest BCUT2D eigenvalue weighted by molar-refractivity contribution is -0.132. The number of imide groups is 1. The van der Waals surface area contributed by atoms with Crippen LogP contribution in [-0.4, -0.2) is 46.9 Å². The largest absolute Gasteiger partial charge is 0.327 e. The van der Waals surface area contributed by atoms with Crippen LogP contribution in [0.4, 0.5) is 4.79 Å². The van der Waals surface area contributed by atoms with E-state index in [9.17, 15) is 9.59 Å². The highest BCUT2D eigenvalue weighted by atomic mass is 35.5. The van der Waals surface area contributed by atoms with E-state index in [1.165, 1.54) is 4.90 Å². The first-order chi connectivity index (χ1) is 13.5. The molecule has 0 aromatic heterocycles. The highest BCUT2D eigenvalue weighted by molar-refractivity contribution is 6.30. The number of urea groups is 1. The lowest BCUT2D eigenvalue weighted by Crippen LogP contribution is -2.53. The molecule has 0 bridgehead atoms. The zero-order chi connectivity index (χ0) is 20.3. The first-order valence-corrected chi connectivity index (χ1v) is 10.7. The molecular formula is C21H31ClN4O2. The van der Waals surface area contributed by atoms with Crippen LogP contribution in [-0.2, 0) is 17.9 Å². The number of hydrogen-bond donors (Lipinski definition) is 2. The van der Waals surface area contributed by atoms with Crippen molar-refractivity contribution in [2.24, 2.45) is 11.7 Å². The van der Waals surface area contributed by atoms with Crippen molar-refractivity contribution in [3.63, 3.8) is 0 Å². The molecule has 154 valence electrons. The molecule has 0 aliphatic carbocycles. The predicted octanol–water partition coefficient (Wildman–Crippen LogP) is 3.12. The molecule has 2 heterocycles. The maximum absolute atomic E-state index is 13.5. The molecule has 3 N–H and O–H groups in total. The first kappa shape index (κ1) is 21.1. The Hall–Kier alpha value is -1.63. The fourth-order valence-corrected chi connectivity index (χ4v) is 4.57. The zero-order valence-electron chi connectivity index (χ0n) is 16.8. The molecule has 2 saturated heterocycles. The fourth-order valence-electron chi connectivity index (χ4n) is 4.38. The molecule has 28 heavy (non-hydrogen) atoms. The van der Waals surface area contributed by atoms with Gasteiger partial charge >= 0.3 is 6.03 Å². The van der Waals surface area contributed by atoms with Gasteiger partial charge in [-0.25, -0.2) is 4.79 Å². The third-order valence-electron chi connectivity index (χ3n) is 6.15. The number of carbonyl (C=O) groups is 2. The van der Waals surface area contributed by atoms with E-state index in [-0.39, 0.29) is 36.5 Å². The molecule has 1 aromatic carbocycles. The van der Waals surface area contributed by atoms with Crippen molar-refractivity contribution in [2.45, 2.75) is 64.7 Å². The lowest BCUT2D eigenvalue weighted by Gasteiger charge is -2.32. The summed E-state index contributed by atoms with van der Waals surface area (Å²) in [6.07, 6.45) is 3.81. The Bertz CT molecular complexity index is 726. The van der Waals surface area contributed by atoms with E-state index in [0.29, 0.717) is 18.1 Å². The van der Waals surface area contributed by atoms with Crippen LogP contribution < -0.4 is 11.1 Å². The van der Waals surface area contributed by atoms with Crippen molar-refractivity contribution < 1.29 is 9.59 Å². The van der Waals surface area contributed by atoms with Crippen LogP contribution in [0.5, 0.6) is 0 Å². The third-order valence-corrected chi connectivity index (χ3v) is 6.39. The number of nitrogens with zero attached hydrogens (tertiary/aromatic N) is 2. The Kier molecular flexibility index (Phi) is 6.96. The van der Waals surface area contributed by atoms with Gasteiger partial charge in [0.05, 0.1) is 12.6 Å². The molecule has 1 aromatic rings. The molecule has 7 heteroatoms. The second kappa shape index (κ2) is 9.25. The number of hydrogen-bond acceptors (Lipinski definition) is 4. The molecular weight excluding hydrogens is 376 g/mol. The van der Waals surface area contributed by atoms with E-state index < -0.39 is 0 Å². The van der Waals surface area contributed by atoms with Crippen LogP contribution in [0.2, 0.25) is 5.02 Å². The van der Waals surface area contributed by atoms with Gasteiger partial charge in [0.2, 0.25) is 5.91 Å². The number of amides is 3. The predicted molar refractivity (Wildman–Crippen MR) is 111 cm³/mol. The number of likely N-dealkylation sites (tertiary alicyclic amines) is 1. The first-order valence-electron chi connectivity index (χ1n) is 10.3. The number of nitrogens with one attached hydrogen (secondary N) is 1. The normalized spacial score (nSPS) is 24.6. The maximum atomic E-state index is 13.5. The fraction of sp³-hybridized carbons (Fsp3) is 0.619. The van der Waals surface area contributed by atoms with Gasteiger partial charge in [-0.2, -0.15) is 0 Å². The SMILES string of the molecule is CCC1CCN[C@@H]1C(=O)N(Cc1cc(Cl)ccc1CN)C(=O)N1CCC[C@H]1C. The van der Waals surface area contributed by atoms with Gasteiger partial charge in [-0.1, -0.05) is 31.0 Å². The summed E-state index contributed by atoms with van der Waals surface area (Å²) in [6.45, 7) is 6.17. The van der Waals surface area contributed by atoms with E-state index in [0.717, 1.165) is 43.4 Å². The number of nitrogens with two attached hydrogens (primary N) is 1. The number of benzene rings is 1. The highest BCUT2D eigenvalue weighted by Gasteiger charge is 2.39. The molecule has 1 unspecified atom stereocenters. The summed E-state index contributed by atoms with van der Waals surface area (Å²) in [6, 6.07) is 5.09. The number of rotatable bonds is 5. The molecule has 0 radical (unpaired) electrons. The Morgan fingerprint density at radius 1 is 1.32 bits per heavy atom. The molecule has 0 saturated carbocycles. The topological polar surface area (TPSA) is 78.7 Å². The second-order valence-electron chi connectivity index (χ2n) is 7.90. The standard InChI is InChI=1S/C21H31ClN4O2/c1-3-15-8-9-24-19(15)20(27)26(21(28)25-10-4-5-14(25)2)13-17-11-18(22)7-6-16(17)12-23/h6-7,11,14-15,19,24H,3-5,8-10,12-13,23H2,1-2H3/t14-,15?,19+/m1/s1. The minimum atomic E-state index is -0.313. The number of carbonyl (C=O) groups excluding carboxylic acids is 2. The monoisotopic (exact) mass is 406 g/mol. The van der Waals surface area contributed by atoms with Crippen LogP contribution in [0, 0.1) is 5.92 Å². The average Bonchev–Trinajstić information content (AvgIpc) is 3.33. The number of halogens is 1. The summed E-state index contributed by atoms with van der Waals surface area (Å²) < 4.78 is 0. The Labute approximate surface area is 172 Å². The van der Waals surface area contributed by atoms with Crippen LogP contribution in [0.1, 0.15) is 50.7 Å². The van der Waals surface area contributed by atoms with E-state index >= 15 is 0 Å². The van der Waals surface area contributed by atoms with E-state index in [1.54, 1.807) is 6.07 Å². The molecule has 0 spiro atoms. The summed E-state index contributed by atoms with van der Waals surface area (Å²) in [4.78, 5) is 30.1. The van der Waals surface area contributed by atoms with Crippen molar-refractivity contribution in [2.75, 3.05) is 13.1 Å². The zero-order valence-corrected chi connectivity index (χ0v) is 17.5. The molecule has 6 nitrogen and oxygen atoms in total. The van der Waals surface area contributed by atoms with Gasteiger partial charge in [-0.3, -0.25) is 9.69 Å². The summed E-state index contributed by atoms with van der Waals surface area (Å²) in [5.74, 6) is 0.114. The van der Waals surface area contributed by atoms with Gasteiger partial charge in [0.25, 0.3) is 0 Å². The van der Waals surface area contributed by atoms with Gasteiger partial charge < -0.3 is 16.0 Å². The van der Waals surface area contributed by atoms with Crippen LogP contribution in [0.3, 0.4) is 0 Å². The Morgan fingerprint density at radius 3 is 2.75 bits per heavy atom. The average molecular weight is 407 g/mol. The van der Waals surface area contributed by atoms with Crippen molar-refractivity contribution in [3.05, 3.63) is 34.3 Å².